The minimum Gasteiger partial charge on any atom is -0.481 e. The fourth-order valence-corrected chi connectivity index (χ4v) is 5.43. The molecule has 1 fully saturated rings. The molecule has 0 unspecified atom stereocenters. The van der Waals surface area contributed by atoms with Crippen molar-refractivity contribution in [2.45, 2.75) is 82.6 Å². The van der Waals surface area contributed by atoms with Crippen LogP contribution in [0.1, 0.15) is 50.7 Å². The Balaban J connectivity index is 1.85. The standard InChI is InChI=1S/C33H43N5O8/c1-20(2)16-23(34)32(44)38-15-9-14-27(38)31(43)36-25(18-22-12-7-4-8-13-22)29(41)35-24(17-21-10-5-3-6-11-21)30(42)37-26(33(45)46)19-28(39)40/h3-8,10-13,20,23-27H,9,14-19,34H2,1-2H3,(H,35,41)(H,36,43)(H,37,42)(H,39,40)(H,45,46)/t23-,24-,25-,26+,27-/m0/s1. The third-order valence-corrected chi connectivity index (χ3v) is 7.71. The molecule has 0 aromatic heterocycles. The molecule has 0 aliphatic carbocycles. The summed E-state index contributed by atoms with van der Waals surface area (Å²) in [5, 5.41) is 26.2. The summed E-state index contributed by atoms with van der Waals surface area (Å²) in [6.07, 6.45) is 0.601. The molecule has 46 heavy (non-hydrogen) atoms. The van der Waals surface area contributed by atoms with Gasteiger partial charge in [-0.3, -0.25) is 24.0 Å². The summed E-state index contributed by atoms with van der Waals surface area (Å²) in [6, 6.07) is 11.8. The highest BCUT2D eigenvalue weighted by atomic mass is 16.4. The second-order valence-corrected chi connectivity index (χ2v) is 11.9. The number of amides is 4. The smallest absolute Gasteiger partial charge is 0.326 e. The van der Waals surface area contributed by atoms with E-state index in [1.54, 1.807) is 60.7 Å². The van der Waals surface area contributed by atoms with Gasteiger partial charge in [0.15, 0.2) is 0 Å². The molecule has 3 rings (SSSR count). The van der Waals surface area contributed by atoms with E-state index >= 15 is 0 Å². The van der Waals surface area contributed by atoms with E-state index in [2.05, 4.69) is 16.0 Å². The zero-order valence-corrected chi connectivity index (χ0v) is 26.1. The van der Waals surface area contributed by atoms with E-state index in [1.165, 1.54) is 4.90 Å². The highest BCUT2D eigenvalue weighted by Gasteiger charge is 2.38. The summed E-state index contributed by atoms with van der Waals surface area (Å²) in [5.74, 6) is -5.26. The lowest BCUT2D eigenvalue weighted by Gasteiger charge is -2.29. The van der Waals surface area contributed by atoms with E-state index in [4.69, 9.17) is 10.8 Å². The number of hydrogen-bond donors (Lipinski definition) is 6. The molecule has 13 heteroatoms. The van der Waals surface area contributed by atoms with Gasteiger partial charge in [-0.25, -0.2) is 4.79 Å². The fraction of sp³-hybridized carbons (Fsp3) is 0.455. The molecule has 2 aromatic rings. The van der Waals surface area contributed by atoms with E-state index in [9.17, 15) is 33.9 Å². The second-order valence-electron chi connectivity index (χ2n) is 11.9. The Morgan fingerprint density at radius 2 is 1.30 bits per heavy atom. The predicted molar refractivity (Wildman–Crippen MR) is 168 cm³/mol. The van der Waals surface area contributed by atoms with Gasteiger partial charge in [-0.1, -0.05) is 74.5 Å². The largest absolute Gasteiger partial charge is 0.481 e. The third kappa shape index (κ3) is 10.7. The molecule has 0 spiro atoms. The summed E-state index contributed by atoms with van der Waals surface area (Å²) in [6.45, 7) is 4.26. The Morgan fingerprint density at radius 3 is 1.78 bits per heavy atom. The number of carboxylic acid groups (broad SMARTS) is 2. The maximum Gasteiger partial charge on any atom is 0.326 e. The van der Waals surface area contributed by atoms with Crippen molar-refractivity contribution in [1.29, 1.82) is 0 Å². The lowest BCUT2D eigenvalue weighted by atomic mass is 10.0. The van der Waals surface area contributed by atoms with Gasteiger partial charge in [0.2, 0.25) is 23.6 Å². The van der Waals surface area contributed by atoms with Crippen LogP contribution in [0.5, 0.6) is 0 Å². The summed E-state index contributed by atoms with van der Waals surface area (Å²) in [5.41, 5.74) is 7.51. The molecular weight excluding hydrogens is 594 g/mol. The van der Waals surface area contributed by atoms with Crippen LogP contribution in [-0.4, -0.2) is 87.4 Å². The van der Waals surface area contributed by atoms with Crippen LogP contribution < -0.4 is 21.7 Å². The Kier molecular flexibility index (Phi) is 13.2. The average molecular weight is 638 g/mol. The third-order valence-electron chi connectivity index (χ3n) is 7.71. The molecule has 2 aromatic carbocycles. The first-order valence-corrected chi connectivity index (χ1v) is 15.3. The van der Waals surface area contributed by atoms with E-state index in [0.29, 0.717) is 31.4 Å². The van der Waals surface area contributed by atoms with Crippen molar-refractivity contribution in [3.8, 4) is 0 Å². The maximum absolute atomic E-state index is 13.8. The number of hydrogen-bond acceptors (Lipinski definition) is 7. The number of nitrogens with zero attached hydrogens (tertiary/aromatic N) is 1. The number of carboxylic acids is 2. The van der Waals surface area contributed by atoms with Crippen molar-refractivity contribution in [3.63, 3.8) is 0 Å². The highest BCUT2D eigenvalue weighted by Crippen LogP contribution is 2.20. The van der Waals surface area contributed by atoms with Gasteiger partial charge in [0, 0.05) is 19.4 Å². The quantitative estimate of drug-likeness (QED) is 0.154. The Bertz CT molecular complexity index is 1370. The van der Waals surface area contributed by atoms with E-state index in [-0.39, 0.29) is 24.7 Å². The van der Waals surface area contributed by atoms with E-state index < -0.39 is 66.3 Å². The second kappa shape index (κ2) is 17.1. The average Bonchev–Trinajstić information content (AvgIpc) is 3.50. The van der Waals surface area contributed by atoms with Gasteiger partial charge in [0.25, 0.3) is 0 Å². The van der Waals surface area contributed by atoms with Crippen LogP contribution in [0.4, 0.5) is 0 Å². The first-order chi connectivity index (χ1) is 21.8. The number of carbonyl (C=O) groups is 6. The van der Waals surface area contributed by atoms with Gasteiger partial charge in [0.05, 0.1) is 12.5 Å². The predicted octanol–water partition coefficient (Wildman–Crippen LogP) is 0.850. The normalized spacial score (nSPS) is 17.0. The molecule has 0 radical (unpaired) electrons. The monoisotopic (exact) mass is 637 g/mol. The van der Waals surface area contributed by atoms with Crippen molar-refractivity contribution in [3.05, 3.63) is 71.8 Å². The molecule has 1 aliphatic rings. The molecule has 248 valence electrons. The minimum atomic E-state index is -1.73. The number of likely N-dealkylation sites (tertiary alicyclic amines) is 1. The molecule has 7 N–H and O–H groups in total. The van der Waals surface area contributed by atoms with Crippen molar-refractivity contribution in [2.24, 2.45) is 11.7 Å². The minimum absolute atomic E-state index is 0.0392. The van der Waals surface area contributed by atoms with Gasteiger partial charge >= 0.3 is 11.9 Å². The fourth-order valence-electron chi connectivity index (χ4n) is 5.43. The molecule has 4 amide bonds. The number of benzene rings is 2. The number of carbonyl (C=O) groups excluding carboxylic acids is 4. The molecule has 5 atom stereocenters. The maximum atomic E-state index is 13.8. The Morgan fingerprint density at radius 1 is 0.804 bits per heavy atom. The SMILES string of the molecule is CC(C)C[C@H](N)C(=O)N1CCC[C@H]1C(=O)N[C@@H](Cc1ccccc1)C(=O)N[C@@H](Cc1ccccc1)C(=O)N[C@H](CC(=O)O)C(=O)O. The van der Waals surface area contributed by atoms with Gasteiger partial charge in [0.1, 0.15) is 24.2 Å². The van der Waals surface area contributed by atoms with Crippen LogP contribution in [-0.2, 0) is 41.6 Å². The zero-order chi connectivity index (χ0) is 33.8. The number of nitrogens with one attached hydrogen (secondary N) is 3. The number of rotatable bonds is 16. The lowest BCUT2D eigenvalue weighted by molar-refractivity contribution is -0.147. The Hall–Kier alpha value is -4.78. The van der Waals surface area contributed by atoms with E-state index in [1.807, 2.05) is 13.8 Å². The summed E-state index contributed by atoms with van der Waals surface area (Å²) in [4.78, 5) is 78.2. The highest BCUT2D eigenvalue weighted by molar-refractivity contribution is 5.96. The van der Waals surface area contributed by atoms with E-state index in [0.717, 1.165) is 5.56 Å². The zero-order valence-electron chi connectivity index (χ0n) is 26.1. The summed E-state index contributed by atoms with van der Waals surface area (Å²) in [7, 11) is 0. The topological polar surface area (TPSA) is 208 Å². The molecule has 1 aliphatic heterocycles. The van der Waals surface area contributed by atoms with Crippen molar-refractivity contribution >= 4 is 35.6 Å². The lowest BCUT2D eigenvalue weighted by Crippen LogP contribution is -2.59. The molecule has 0 saturated carbocycles. The molecular formula is C33H43N5O8. The first kappa shape index (κ1) is 35.7. The van der Waals surface area contributed by atoms with Crippen molar-refractivity contribution < 1.29 is 39.0 Å². The summed E-state index contributed by atoms with van der Waals surface area (Å²) >= 11 is 0. The van der Waals surface area contributed by atoms with Crippen molar-refractivity contribution in [2.75, 3.05) is 6.54 Å². The van der Waals surface area contributed by atoms with Gasteiger partial charge < -0.3 is 36.8 Å². The van der Waals surface area contributed by atoms with Crippen LogP contribution in [0.25, 0.3) is 0 Å². The Labute approximate surface area is 267 Å². The molecule has 0 bridgehead atoms. The van der Waals surface area contributed by atoms with Gasteiger partial charge in [-0.05, 0) is 36.3 Å². The van der Waals surface area contributed by atoms with Gasteiger partial charge in [-0.2, -0.15) is 0 Å². The van der Waals surface area contributed by atoms with Crippen molar-refractivity contribution in [1.82, 2.24) is 20.9 Å². The van der Waals surface area contributed by atoms with Crippen LogP contribution in [0.2, 0.25) is 0 Å². The molecule has 1 saturated heterocycles. The first-order valence-electron chi connectivity index (χ1n) is 15.3. The number of aliphatic carboxylic acids is 2. The summed E-state index contributed by atoms with van der Waals surface area (Å²) < 4.78 is 0. The van der Waals surface area contributed by atoms with Gasteiger partial charge in [-0.15, -0.1) is 0 Å². The van der Waals surface area contributed by atoms with Crippen LogP contribution in [0, 0.1) is 5.92 Å². The van der Waals surface area contributed by atoms with Crippen LogP contribution in [0.15, 0.2) is 60.7 Å². The number of nitrogens with two attached hydrogens (primary N) is 1. The van der Waals surface area contributed by atoms with Crippen LogP contribution in [0.3, 0.4) is 0 Å². The molecule has 13 nitrogen and oxygen atoms in total. The molecule has 1 heterocycles. The van der Waals surface area contributed by atoms with Crippen LogP contribution >= 0.6 is 0 Å².